The van der Waals surface area contributed by atoms with Crippen LogP contribution in [0.1, 0.15) is 46.5 Å². The first-order valence-electron chi connectivity index (χ1n) is 9.01. The molecule has 0 spiro atoms. The number of ether oxygens (including phenoxy) is 1. The van der Waals surface area contributed by atoms with Gasteiger partial charge in [-0.15, -0.1) is 0 Å². The van der Waals surface area contributed by atoms with Crippen molar-refractivity contribution < 1.29 is 14.6 Å². The highest BCUT2D eigenvalue weighted by molar-refractivity contribution is 5.82. The first kappa shape index (κ1) is 17.3. The minimum Gasteiger partial charge on any atom is -0.444 e. The van der Waals surface area contributed by atoms with E-state index < -0.39 is 11.2 Å². The lowest BCUT2D eigenvalue weighted by atomic mass is 10.0. The lowest BCUT2D eigenvalue weighted by Crippen LogP contribution is -2.58. The minimum absolute atomic E-state index is 0.201. The molecule has 7 nitrogen and oxygen atoms in total. The van der Waals surface area contributed by atoms with Gasteiger partial charge in [0.25, 0.3) is 0 Å². The van der Waals surface area contributed by atoms with Gasteiger partial charge in [-0.25, -0.2) is 4.79 Å². The van der Waals surface area contributed by atoms with Gasteiger partial charge in [-0.3, -0.25) is 4.99 Å². The van der Waals surface area contributed by atoms with Crippen molar-refractivity contribution in [2.24, 2.45) is 4.99 Å². The van der Waals surface area contributed by atoms with Crippen molar-refractivity contribution in [1.82, 2.24) is 15.1 Å². The molecule has 1 saturated heterocycles. The van der Waals surface area contributed by atoms with Crippen molar-refractivity contribution in [1.29, 1.82) is 0 Å². The maximum atomic E-state index is 12.2. The molecular weight excluding hydrogens is 308 g/mol. The van der Waals surface area contributed by atoms with E-state index in [1.54, 1.807) is 4.90 Å². The van der Waals surface area contributed by atoms with Crippen LogP contribution in [0.4, 0.5) is 4.79 Å². The summed E-state index contributed by atoms with van der Waals surface area (Å²) in [6.45, 7) is 8.91. The summed E-state index contributed by atoms with van der Waals surface area (Å²) in [7, 11) is 0. The van der Waals surface area contributed by atoms with Gasteiger partial charge in [0.2, 0.25) is 0 Å². The Morgan fingerprint density at radius 1 is 1.38 bits per heavy atom. The molecule has 0 aromatic heterocycles. The molecule has 7 heteroatoms. The van der Waals surface area contributed by atoms with Gasteiger partial charge >= 0.3 is 6.09 Å². The first-order valence-corrected chi connectivity index (χ1v) is 9.01. The number of nitrogens with zero attached hydrogens (tertiary/aromatic N) is 3. The van der Waals surface area contributed by atoms with E-state index in [0.29, 0.717) is 26.2 Å². The van der Waals surface area contributed by atoms with Gasteiger partial charge < -0.3 is 25.0 Å². The third-order valence-corrected chi connectivity index (χ3v) is 4.97. The predicted molar refractivity (Wildman–Crippen MR) is 92.0 cm³/mol. The molecule has 24 heavy (non-hydrogen) atoms. The average molecular weight is 338 g/mol. The van der Waals surface area contributed by atoms with Crippen molar-refractivity contribution in [3.05, 3.63) is 0 Å². The average Bonchev–Trinajstić information content (AvgIpc) is 3.09. The molecule has 0 aromatic carbocycles. The summed E-state index contributed by atoms with van der Waals surface area (Å²) in [4.78, 5) is 20.8. The van der Waals surface area contributed by atoms with Crippen molar-refractivity contribution >= 4 is 12.1 Å². The molecule has 1 aliphatic carbocycles. The third kappa shape index (κ3) is 3.94. The fraction of sp³-hybridized carbons (Fsp3) is 0.882. The van der Waals surface area contributed by atoms with E-state index in [1.165, 1.54) is 0 Å². The highest BCUT2D eigenvalue weighted by Gasteiger charge is 2.38. The fourth-order valence-electron chi connectivity index (χ4n) is 3.68. The smallest absolute Gasteiger partial charge is 0.410 e. The zero-order chi connectivity index (χ0) is 17.4. The van der Waals surface area contributed by atoms with Gasteiger partial charge in [0.1, 0.15) is 5.60 Å². The first-order chi connectivity index (χ1) is 11.3. The molecule has 0 bridgehead atoms. The molecule has 1 atom stereocenters. The molecule has 2 fully saturated rings. The molecule has 2 N–H and O–H groups in total. The van der Waals surface area contributed by atoms with E-state index in [0.717, 1.165) is 38.2 Å². The van der Waals surface area contributed by atoms with E-state index in [9.17, 15) is 9.90 Å². The zero-order valence-electron chi connectivity index (χ0n) is 15.0. The molecule has 1 unspecified atom stereocenters. The van der Waals surface area contributed by atoms with E-state index in [4.69, 9.17) is 4.74 Å². The highest BCUT2D eigenvalue weighted by atomic mass is 16.6. The maximum Gasteiger partial charge on any atom is 0.410 e. The summed E-state index contributed by atoms with van der Waals surface area (Å²) < 4.78 is 5.46. The largest absolute Gasteiger partial charge is 0.444 e. The summed E-state index contributed by atoms with van der Waals surface area (Å²) in [5.41, 5.74) is -1.05. The molecule has 1 amide bonds. The van der Waals surface area contributed by atoms with Gasteiger partial charge in [-0.2, -0.15) is 0 Å². The molecule has 2 heterocycles. The number of hydrogen-bond donors (Lipinski definition) is 2. The molecule has 0 radical (unpaired) electrons. The summed E-state index contributed by atoms with van der Waals surface area (Å²) in [6, 6.07) is 0.201. The second-order valence-corrected chi connectivity index (χ2v) is 8.22. The van der Waals surface area contributed by atoms with Crippen LogP contribution in [0, 0.1) is 0 Å². The molecule has 3 rings (SSSR count). The number of aliphatic hydroxyl groups is 1. The van der Waals surface area contributed by atoms with E-state index >= 15 is 0 Å². The van der Waals surface area contributed by atoms with E-state index in [1.807, 2.05) is 20.8 Å². The van der Waals surface area contributed by atoms with Crippen LogP contribution in [0.25, 0.3) is 0 Å². The van der Waals surface area contributed by atoms with Gasteiger partial charge in [0.05, 0.1) is 18.2 Å². The van der Waals surface area contributed by atoms with E-state index in [2.05, 4.69) is 15.2 Å². The Bertz CT molecular complexity index is 508. The van der Waals surface area contributed by atoms with Crippen molar-refractivity contribution in [2.45, 2.75) is 63.7 Å². The van der Waals surface area contributed by atoms with Gasteiger partial charge in [0.15, 0.2) is 5.96 Å². The van der Waals surface area contributed by atoms with E-state index in [-0.39, 0.29) is 12.1 Å². The Hall–Kier alpha value is -1.50. The Labute approximate surface area is 144 Å². The van der Waals surface area contributed by atoms with Crippen molar-refractivity contribution in [2.75, 3.05) is 32.7 Å². The quantitative estimate of drug-likeness (QED) is 0.790. The highest BCUT2D eigenvalue weighted by Crippen LogP contribution is 2.29. The summed E-state index contributed by atoms with van der Waals surface area (Å²) >= 11 is 0. The SMILES string of the molecule is CC(C)(C)OC(=O)N1CCN2C(NCC3(O)CCCC3)=NCC2C1. The Morgan fingerprint density at radius 2 is 2.08 bits per heavy atom. The number of carbonyl (C=O) groups is 1. The number of aliphatic imine (C=N–C) groups is 1. The molecular formula is C17H30N4O3. The van der Waals surface area contributed by atoms with Gasteiger partial charge in [-0.1, -0.05) is 12.8 Å². The van der Waals surface area contributed by atoms with Crippen molar-refractivity contribution in [3.63, 3.8) is 0 Å². The van der Waals surface area contributed by atoms with Crippen LogP contribution in [0.2, 0.25) is 0 Å². The summed E-state index contributed by atoms with van der Waals surface area (Å²) in [5.74, 6) is 0.865. The van der Waals surface area contributed by atoms with Crippen LogP contribution in [0.5, 0.6) is 0 Å². The summed E-state index contributed by atoms with van der Waals surface area (Å²) in [6.07, 6.45) is 3.68. The number of amides is 1. The lowest BCUT2D eigenvalue weighted by Gasteiger charge is -2.39. The van der Waals surface area contributed by atoms with Crippen LogP contribution in [-0.2, 0) is 4.74 Å². The number of rotatable bonds is 2. The Balaban J connectivity index is 1.50. The second-order valence-electron chi connectivity index (χ2n) is 8.22. The predicted octanol–water partition coefficient (Wildman–Crippen LogP) is 1.17. The molecule has 1 saturated carbocycles. The van der Waals surface area contributed by atoms with Gasteiger partial charge in [0, 0.05) is 26.2 Å². The standard InChI is InChI=1S/C17H30N4O3/c1-16(2,3)24-15(22)20-8-9-21-13(11-20)10-18-14(21)19-12-17(23)6-4-5-7-17/h13,23H,4-12H2,1-3H3,(H,18,19). The number of fused-ring (bicyclic) bond motifs is 1. The van der Waals surface area contributed by atoms with Crippen LogP contribution in [-0.4, -0.2) is 76.9 Å². The normalized spacial score (nSPS) is 26.2. The Morgan fingerprint density at radius 3 is 2.75 bits per heavy atom. The molecule has 136 valence electrons. The Kier molecular flexibility index (Phi) is 4.64. The topological polar surface area (TPSA) is 77.4 Å². The number of hydrogen-bond acceptors (Lipinski definition) is 6. The number of guanidine groups is 1. The fourth-order valence-corrected chi connectivity index (χ4v) is 3.68. The van der Waals surface area contributed by atoms with Crippen LogP contribution in [0.15, 0.2) is 4.99 Å². The molecule has 2 aliphatic heterocycles. The van der Waals surface area contributed by atoms with Crippen molar-refractivity contribution in [3.8, 4) is 0 Å². The third-order valence-electron chi connectivity index (χ3n) is 4.97. The minimum atomic E-state index is -0.584. The zero-order valence-corrected chi connectivity index (χ0v) is 15.0. The van der Waals surface area contributed by atoms with Crippen LogP contribution < -0.4 is 5.32 Å². The lowest BCUT2D eigenvalue weighted by molar-refractivity contribution is 0.0135. The molecule has 0 aromatic rings. The maximum absolute atomic E-state index is 12.2. The van der Waals surface area contributed by atoms with Crippen LogP contribution >= 0.6 is 0 Å². The second kappa shape index (κ2) is 6.43. The van der Waals surface area contributed by atoms with Gasteiger partial charge in [-0.05, 0) is 33.6 Å². The molecule has 3 aliphatic rings. The van der Waals surface area contributed by atoms with Crippen LogP contribution in [0.3, 0.4) is 0 Å². The number of nitrogens with one attached hydrogen (secondary N) is 1. The summed E-state index contributed by atoms with van der Waals surface area (Å²) in [5, 5.41) is 13.8. The number of piperazine rings is 1. The number of carbonyl (C=O) groups excluding carboxylic acids is 1. The monoisotopic (exact) mass is 338 g/mol.